The number of aliphatic carboxylic acids is 2. The summed E-state index contributed by atoms with van der Waals surface area (Å²) in [7, 11) is 0. The normalized spacial score (nSPS) is 14.6. The quantitative estimate of drug-likeness (QED) is 0.0116. The molecule has 35 N–H and O–H groups in total. The molecular formula is C79H136N26O29S. The Labute approximate surface area is 783 Å². The van der Waals surface area contributed by atoms with E-state index in [-0.39, 0.29) is 80.9 Å². The number of amides is 22. The zero-order valence-corrected chi connectivity index (χ0v) is 78.3. The zero-order valence-electron chi connectivity index (χ0n) is 77.4. The molecule has 0 saturated carbocycles. The topological polar surface area (TPSA) is 891 Å². The molecule has 16 atom stereocenters. The molecule has 22 amide bonds. The van der Waals surface area contributed by atoms with Crippen LogP contribution in [0, 0.1) is 29.1 Å². The highest BCUT2D eigenvalue weighted by Gasteiger charge is 2.38. The Bertz CT molecular complexity index is 4130. The summed E-state index contributed by atoms with van der Waals surface area (Å²) < 4.78 is 0. The molecule has 56 heteroatoms. The van der Waals surface area contributed by atoms with E-state index in [0.29, 0.717) is 0 Å². The first-order chi connectivity index (χ1) is 63.0. The van der Waals surface area contributed by atoms with Crippen LogP contribution in [0.25, 0.3) is 0 Å². The molecule has 0 unspecified atom stereocenters. The summed E-state index contributed by atoms with van der Waals surface area (Å²) in [6.07, 6.45) is -3.29. The fraction of sp³-hybridized carbons (Fsp3) is 0.684. The largest absolute Gasteiger partial charge is 0.481 e. The van der Waals surface area contributed by atoms with E-state index in [1.165, 1.54) is 20.8 Å². The van der Waals surface area contributed by atoms with E-state index in [4.69, 9.17) is 33.5 Å². The monoisotopic (exact) mass is 1940 g/mol. The van der Waals surface area contributed by atoms with Crippen molar-refractivity contribution < 1.29 is 141 Å². The Balaban J connectivity index is 5.96. The minimum Gasteiger partial charge on any atom is -0.481 e. The molecule has 0 fully saturated rings. The second kappa shape index (κ2) is 63.8. The molecule has 0 aliphatic rings. The highest BCUT2D eigenvalue weighted by atomic mass is 32.1. The van der Waals surface area contributed by atoms with Crippen LogP contribution < -0.4 is 135 Å². The Morgan fingerprint density at radius 2 is 0.548 bits per heavy atom. The number of carboxylic acid groups (broad SMARTS) is 2. The van der Waals surface area contributed by atoms with Gasteiger partial charge in [0.05, 0.1) is 58.6 Å². The molecule has 0 saturated heterocycles. The van der Waals surface area contributed by atoms with E-state index in [2.05, 4.69) is 124 Å². The van der Waals surface area contributed by atoms with E-state index < -0.39 is 329 Å². The summed E-state index contributed by atoms with van der Waals surface area (Å²) in [4.78, 5) is 313. The maximum absolute atomic E-state index is 14.2. The van der Waals surface area contributed by atoms with Crippen molar-refractivity contribution in [3.63, 3.8) is 0 Å². The lowest BCUT2D eigenvalue weighted by atomic mass is 10.0. The number of guanidine groups is 1. The molecule has 135 heavy (non-hydrogen) atoms. The maximum atomic E-state index is 14.2. The van der Waals surface area contributed by atoms with Crippen molar-refractivity contribution in [2.45, 2.75) is 257 Å². The molecule has 0 radical (unpaired) electrons. The van der Waals surface area contributed by atoms with Gasteiger partial charge in [0.2, 0.25) is 130 Å². The van der Waals surface area contributed by atoms with Crippen LogP contribution in [0.3, 0.4) is 0 Å². The first kappa shape index (κ1) is 122. The number of primary amides is 2. The molecule has 0 spiro atoms. The number of rotatable bonds is 66. The van der Waals surface area contributed by atoms with Gasteiger partial charge in [0.1, 0.15) is 90.6 Å². The van der Waals surface area contributed by atoms with Crippen LogP contribution in [-0.2, 0) is 115 Å². The van der Waals surface area contributed by atoms with Crippen molar-refractivity contribution in [1.29, 1.82) is 5.41 Å². The SMILES string of the molecule is CC(C)C[C@H](NC(=O)CNC(=O)CNC(=O)CNC(=O)[C@H](CO)NC(=O)[C@H](CCC(=O)O)NC(=O)[C@H](CCC(N)=O)NC(=O)[C@@H](N)CC(C)C)C(=O)N[C@@H](C)C(=O)N[C@@H](CCC(N)=O)C(=O)N[C@@H](C)C(=O)NCC(=O)NCC(=O)N[C@@H](CO)C(=O)N[C@@H](CC(C)C)C(=O)N[C@@H](CCCNC(=N)N)C(=O)N[C@@H](CC(C)C)C(=O)N[C@@H](CO)C(=O)N[C@@H](CS)C(=O)N[C@@H](C)C(=O)N[C@@H](C)C(=O)O. The van der Waals surface area contributed by atoms with Gasteiger partial charge in [-0.3, -0.25) is 120 Å². The fourth-order valence-corrected chi connectivity index (χ4v) is 12.0. The number of carbonyl (C=O) groups is 24. The summed E-state index contributed by atoms with van der Waals surface area (Å²) in [5, 5.41) is 105. The first-order valence-electron chi connectivity index (χ1n) is 43.2. The number of aliphatic hydroxyl groups excluding tert-OH is 3. The highest BCUT2D eigenvalue weighted by Crippen LogP contribution is 2.14. The number of hydrogen-bond donors (Lipinski definition) is 32. The number of carboxylic acids is 2. The Morgan fingerprint density at radius 1 is 0.281 bits per heavy atom. The average molecular weight is 1950 g/mol. The molecule has 0 aromatic rings. The molecule has 55 nitrogen and oxygen atoms in total. The van der Waals surface area contributed by atoms with Gasteiger partial charge < -0.3 is 160 Å². The molecule has 0 aliphatic carbocycles. The lowest BCUT2D eigenvalue weighted by Crippen LogP contribution is -2.61. The van der Waals surface area contributed by atoms with Gasteiger partial charge in [0, 0.05) is 31.6 Å². The van der Waals surface area contributed by atoms with Crippen molar-refractivity contribution >= 4 is 160 Å². The molecular weight excluding hydrogens is 1810 g/mol. The Kier molecular flexibility index (Phi) is 57.5. The van der Waals surface area contributed by atoms with Gasteiger partial charge in [-0.2, -0.15) is 12.6 Å². The van der Waals surface area contributed by atoms with E-state index in [1.807, 2.05) is 0 Å². The third kappa shape index (κ3) is 51.5. The van der Waals surface area contributed by atoms with Crippen LogP contribution in [0.5, 0.6) is 0 Å². The predicted molar refractivity (Wildman–Crippen MR) is 478 cm³/mol. The summed E-state index contributed by atoms with van der Waals surface area (Å²) in [5.74, 6) is -26.8. The first-order valence-corrected chi connectivity index (χ1v) is 43.8. The summed E-state index contributed by atoms with van der Waals surface area (Å²) in [5.41, 5.74) is 22.0. The maximum Gasteiger partial charge on any atom is 0.325 e. The molecule has 0 heterocycles. The summed E-state index contributed by atoms with van der Waals surface area (Å²) >= 11 is 4.08. The average Bonchev–Trinajstić information content (AvgIpc) is 0.903. The van der Waals surface area contributed by atoms with Crippen molar-refractivity contribution in [1.82, 2.24) is 112 Å². The van der Waals surface area contributed by atoms with Gasteiger partial charge in [-0.1, -0.05) is 55.4 Å². The molecule has 0 aromatic carbocycles. The van der Waals surface area contributed by atoms with Crippen molar-refractivity contribution in [3.05, 3.63) is 0 Å². The third-order valence-corrected chi connectivity index (χ3v) is 19.4. The third-order valence-electron chi connectivity index (χ3n) is 19.1. The van der Waals surface area contributed by atoms with Gasteiger partial charge in [-0.05, 0) is 109 Å². The van der Waals surface area contributed by atoms with E-state index in [1.54, 1.807) is 55.4 Å². The number of aliphatic hydroxyl groups is 3. The van der Waals surface area contributed by atoms with Crippen LogP contribution in [0.1, 0.15) is 160 Å². The summed E-state index contributed by atoms with van der Waals surface area (Å²) in [6.45, 7) is 10.9. The molecule has 762 valence electrons. The zero-order chi connectivity index (χ0) is 103. The number of hydrogen-bond acceptors (Lipinski definition) is 30. The second-order valence-electron chi connectivity index (χ2n) is 33.1. The van der Waals surface area contributed by atoms with Crippen LogP contribution >= 0.6 is 12.6 Å². The Hall–Kier alpha value is -13.3. The van der Waals surface area contributed by atoms with Gasteiger partial charge in [-0.25, -0.2) is 0 Å². The minimum absolute atomic E-state index is 0.00887. The number of thiol groups is 1. The Morgan fingerprint density at radius 3 is 0.926 bits per heavy atom. The number of nitrogens with one attached hydrogen (secondary N) is 22. The van der Waals surface area contributed by atoms with E-state index in [9.17, 15) is 135 Å². The number of carbonyl (C=O) groups excluding carboxylic acids is 22. The molecule has 0 aliphatic heterocycles. The smallest absolute Gasteiger partial charge is 0.325 e. The molecule has 0 aromatic heterocycles. The van der Waals surface area contributed by atoms with Gasteiger partial charge in [0.25, 0.3) is 0 Å². The van der Waals surface area contributed by atoms with E-state index in [0.717, 1.165) is 6.92 Å². The van der Waals surface area contributed by atoms with Gasteiger partial charge >= 0.3 is 11.9 Å². The lowest BCUT2D eigenvalue weighted by molar-refractivity contribution is -0.141. The van der Waals surface area contributed by atoms with Gasteiger partial charge in [-0.15, -0.1) is 0 Å². The predicted octanol–water partition coefficient (Wildman–Crippen LogP) is -13.9. The van der Waals surface area contributed by atoms with Crippen LogP contribution in [0.2, 0.25) is 0 Å². The van der Waals surface area contributed by atoms with Crippen LogP contribution in [0.15, 0.2) is 0 Å². The summed E-state index contributed by atoms with van der Waals surface area (Å²) in [6, 6.07) is -24.3. The van der Waals surface area contributed by atoms with Crippen molar-refractivity contribution in [2.24, 2.45) is 46.6 Å². The van der Waals surface area contributed by atoms with Crippen LogP contribution in [-0.4, -0.2) is 335 Å². The molecule has 0 rings (SSSR count). The minimum atomic E-state index is -1.83. The van der Waals surface area contributed by atoms with Crippen LogP contribution in [0.4, 0.5) is 0 Å². The van der Waals surface area contributed by atoms with Crippen molar-refractivity contribution in [3.8, 4) is 0 Å². The highest BCUT2D eigenvalue weighted by molar-refractivity contribution is 7.80. The second-order valence-corrected chi connectivity index (χ2v) is 33.5. The standard InChI is InChI=1S/C79H136N26O29S/c1-35(2)22-43(80)66(121)98-46(16-19-56(82)110)70(125)100-47(17-20-62(116)117)71(126)103-51(31-106)67(122)90-28-59(113)86-26-57(111)87-29-60(114)95-48(23-36(3)4)72(127)92-41(11)65(120)97-45(15-18-55(81)109)68(123)91-39(9)63(118)89-27-58(112)88-30-61(115)96-52(32-107)75(130)102-49(24-37(5)6)73(128)99-44(14-13-21-85-79(83)84)69(124)101-50(25-38(7)8)74(129)104-53(33-108)76(131)105-54(34-135)77(132)93-40(10)64(119)94-42(12)78(133)134/h35-54,106-108,135H,13-34,80H2,1-12H3,(H2,81,109)(H2,82,110)(H,86,113)(H,87,111)(H,88,112)(H,89,118)(H,90,122)(H,91,123)(H,92,127)(H,93,132)(H,94,119)(H,95,114)(H,96,115)(H,97,120)(H,98,121)(H,99,128)(H,100,125)(H,101,124)(H,102,130)(H,103,126)(H,104,129)(H,105,131)(H,116,117)(H,133,134)(H4,83,84,85)/t39-,40-,41-,42-,43-,44-,45-,46-,47-,48-,49-,50-,51-,52-,53-,54-/m0/s1. The van der Waals surface area contributed by atoms with Crippen molar-refractivity contribution in [2.75, 3.05) is 64.8 Å². The van der Waals surface area contributed by atoms with Gasteiger partial charge in [0.15, 0.2) is 5.96 Å². The fourth-order valence-electron chi connectivity index (χ4n) is 11.8. The lowest BCUT2D eigenvalue weighted by Gasteiger charge is -2.28. The van der Waals surface area contributed by atoms with E-state index >= 15 is 0 Å². The number of nitrogens with two attached hydrogens (primary N) is 4. The molecule has 0 bridgehead atoms.